The summed E-state index contributed by atoms with van der Waals surface area (Å²) in [6.45, 7) is 3.85. The number of halogens is 1. The molecule has 2 N–H and O–H groups in total. The first-order valence-electron chi connectivity index (χ1n) is 10.7. The number of H-pyrrole nitrogens is 1. The summed E-state index contributed by atoms with van der Waals surface area (Å²) in [6.07, 6.45) is 0.143. The summed E-state index contributed by atoms with van der Waals surface area (Å²) in [5, 5.41) is 9.13. The number of rotatable bonds is 4. The maximum Gasteiger partial charge on any atom is 0.291 e. The number of fused-ring (bicyclic) bond motifs is 1. The highest BCUT2D eigenvalue weighted by atomic mass is 19.1. The Kier molecular flexibility index (Phi) is 6.54. The first-order valence-corrected chi connectivity index (χ1v) is 10.7. The Bertz CT molecular complexity index is 1290. The van der Waals surface area contributed by atoms with E-state index in [0.717, 1.165) is 0 Å². The normalized spacial score (nSPS) is 15.1. The van der Waals surface area contributed by atoms with Crippen LogP contribution in [0.1, 0.15) is 41.5 Å². The lowest BCUT2D eigenvalue weighted by Crippen LogP contribution is -2.49. The van der Waals surface area contributed by atoms with Gasteiger partial charge >= 0.3 is 0 Å². The molecule has 2 aromatic heterocycles. The number of pyridine rings is 1. The molecule has 0 saturated heterocycles. The molecule has 174 valence electrons. The standard InChI is InChI=1S/C24H23FN6O3/c1-14(2)8-9-16-10-11-19-22(26-16)31(3)24(33)18(13-34-19)27-23(32)21-28-20(29-30-21)12-15-6-4-5-7-17(15)25/h4-7,10-11,14,18H,12-13H2,1-3H3,(H,27,32)(H,28,29,30)/t18-/m0/s1. The van der Waals surface area contributed by atoms with Crippen LogP contribution in [0.4, 0.5) is 10.2 Å². The molecule has 0 saturated carbocycles. The van der Waals surface area contributed by atoms with E-state index in [1.54, 1.807) is 37.4 Å². The molecule has 9 nitrogen and oxygen atoms in total. The van der Waals surface area contributed by atoms with Crippen molar-refractivity contribution >= 4 is 17.6 Å². The van der Waals surface area contributed by atoms with Crippen molar-refractivity contribution in [3.8, 4) is 17.6 Å². The third-order valence-corrected chi connectivity index (χ3v) is 5.04. The number of carbonyl (C=O) groups is 2. The van der Waals surface area contributed by atoms with E-state index in [4.69, 9.17) is 4.74 Å². The van der Waals surface area contributed by atoms with E-state index in [9.17, 15) is 14.0 Å². The van der Waals surface area contributed by atoms with Gasteiger partial charge < -0.3 is 10.1 Å². The van der Waals surface area contributed by atoms with Crippen LogP contribution in [0, 0.1) is 23.6 Å². The Labute approximate surface area is 195 Å². The number of likely N-dealkylation sites (N-methyl/N-ethyl adjacent to an activating group) is 1. The van der Waals surface area contributed by atoms with Gasteiger partial charge in [-0.15, -0.1) is 5.10 Å². The quantitative estimate of drug-likeness (QED) is 0.574. The number of aromatic nitrogens is 4. The van der Waals surface area contributed by atoms with Gasteiger partial charge in [-0.25, -0.2) is 14.4 Å². The summed E-state index contributed by atoms with van der Waals surface area (Å²) in [5.41, 5.74) is 0.934. The van der Waals surface area contributed by atoms with Gasteiger partial charge in [0.1, 0.15) is 30.0 Å². The van der Waals surface area contributed by atoms with Crippen LogP contribution in [0.5, 0.6) is 5.75 Å². The number of nitrogens with zero attached hydrogens (tertiary/aromatic N) is 4. The Morgan fingerprint density at radius 1 is 1.29 bits per heavy atom. The second-order valence-electron chi connectivity index (χ2n) is 8.05. The summed E-state index contributed by atoms with van der Waals surface area (Å²) < 4.78 is 19.6. The van der Waals surface area contributed by atoms with Crippen molar-refractivity contribution < 1.29 is 18.7 Å². The van der Waals surface area contributed by atoms with E-state index in [1.165, 1.54) is 11.0 Å². The van der Waals surface area contributed by atoms with E-state index >= 15 is 0 Å². The highest BCUT2D eigenvalue weighted by Gasteiger charge is 2.32. The fourth-order valence-electron chi connectivity index (χ4n) is 3.28. The van der Waals surface area contributed by atoms with Gasteiger partial charge in [0.05, 0.1) is 0 Å². The molecule has 3 aromatic rings. The van der Waals surface area contributed by atoms with Gasteiger partial charge in [0, 0.05) is 19.4 Å². The Hall–Kier alpha value is -4.26. The zero-order valence-corrected chi connectivity index (χ0v) is 18.9. The average Bonchev–Trinajstić information content (AvgIpc) is 3.25. The van der Waals surface area contributed by atoms with E-state index in [1.807, 2.05) is 13.8 Å². The van der Waals surface area contributed by atoms with Gasteiger partial charge in [0.25, 0.3) is 11.8 Å². The summed E-state index contributed by atoms with van der Waals surface area (Å²) >= 11 is 0. The fraction of sp³-hybridized carbons (Fsp3) is 0.292. The van der Waals surface area contributed by atoms with Crippen LogP contribution in [0.2, 0.25) is 0 Å². The molecular formula is C24H23FN6O3. The third-order valence-electron chi connectivity index (χ3n) is 5.04. The molecule has 34 heavy (non-hydrogen) atoms. The lowest BCUT2D eigenvalue weighted by atomic mass is 10.1. The van der Waals surface area contributed by atoms with Crippen molar-refractivity contribution in [2.45, 2.75) is 26.3 Å². The lowest BCUT2D eigenvalue weighted by molar-refractivity contribution is -0.120. The topological polar surface area (TPSA) is 113 Å². The van der Waals surface area contributed by atoms with Crippen LogP contribution in [0.3, 0.4) is 0 Å². The van der Waals surface area contributed by atoms with E-state index < -0.39 is 17.9 Å². The molecule has 0 fully saturated rings. The number of benzene rings is 1. The molecule has 1 aliphatic rings. The van der Waals surface area contributed by atoms with Crippen molar-refractivity contribution in [3.63, 3.8) is 0 Å². The van der Waals surface area contributed by atoms with Crippen molar-refractivity contribution in [1.29, 1.82) is 0 Å². The van der Waals surface area contributed by atoms with Gasteiger partial charge in [-0.05, 0) is 29.7 Å². The lowest BCUT2D eigenvalue weighted by Gasteiger charge is -2.19. The molecule has 0 unspecified atom stereocenters. The van der Waals surface area contributed by atoms with Gasteiger partial charge in [-0.1, -0.05) is 38.0 Å². The molecule has 1 atom stereocenters. The molecule has 3 heterocycles. The van der Waals surface area contributed by atoms with Crippen molar-refractivity contribution in [2.24, 2.45) is 5.92 Å². The largest absolute Gasteiger partial charge is 0.487 e. The molecule has 1 aromatic carbocycles. The molecular weight excluding hydrogens is 439 g/mol. The summed E-state index contributed by atoms with van der Waals surface area (Å²) in [7, 11) is 1.56. The molecule has 0 radical (unpaired) electrons. The zero-order chi connectivity index (χ0) is 24.2. The first kappa shape index (κ1) is 22.9. The summed E-state index contributed by atoms with van der Waals surface area (Å²) in [6, 6.07) is 8.71. The molecule has 0 spiro atoms. The van der Waals surface area contributed by atoms with Crippen LogP contribution in [-0.4, -0.2) is 51.7 Å². The van der Waals surface area contributed by atoms with Crippen molar-refractivity contribution in [3.05, 3.63) is 65.1 Å². The predicted octanol–water partition coefficient (Wildman–Crippen LogP) is 2.09. The van der Waals surface area contributed by atoms with Gasteiger partial charge in [-0.2, -0.15) is 0 Å². The maximum absolute atomic E-state index is 13.9. The van der Waals surface area contributed by atoms with Crippen LogP contribution in [-0.2, 0) is 11.2 Å². The number of aromatic amines is 1. The molecule has 0 bridgehead atoms. The smallest absolute Gasteiger partial charge is 0.291 e. The zero-order valence-electron chi connectivity index (χ0n) is 18.9. The van der Waals surface area contributed by atoms with E-state index in [0.29, 0.717) is 28.6 Å². The summed E-state index contributed by atoms with van der Waals surface area (Å²) in [4.78, 5) is 35.6. The number of amides is 2. The number of carbonyl (C=O) groups excluding carboxylic acids is 2. The first-order chi connectivity index (χ1) is 16.3. The molecule has 2 amide bonds. The Morgan fingerprint density at radius 2 is 2.09 bits per heavy atom. The van der Waals surface area contributed by atoms with Crippen LogP contribution in [0.25, 0.3) is 0 Å². The Balaban J connectivity index is 1.46. The monoisotopic (exact) mass is 462 g/mol. The molecule has 10 heteroatoms. The molecule has 1 aliphatic heterocycles. The van der Waals surface area contributed by atoms with E-state index in [2.05, 4.69) is 37.3 Å². The van der Waals surface area contributed by atoms with Crippen LogP contribution in [0.15, 0.2) is 36.4 Å². The number of nitrogens with one attached hydrogen (secondary N) is 2. The minimum atomic E-state index is -0.981. The van der Waals surface area contributed by atoms with Crippen molar-refractivity contribution in [1.82, 2.24) is 25.5 Å². The minimum absolute atomic E-state index is 0.0902. The molecule has 0 aliphatic carbocycles. The van der Waals surface area contributed by atoms with Crippen LogP contribution >= 0.6 is 0 Å². The fourth-order valence-corrected chi connectivity index (χ4v) is 3.28. The highest BCUT2D eigenvalue weighted by Crippen LogP contribution is 2.28. The van der Waals surface area contributed by atoms with Gasteiger partial charge in [0.2, 0.25) is 5.82 Å². The van der Waals surface area contributed by atoms with Gasteiger partial charge in [0.15, 0.2) is 11.6 Å². The van der Waals surface area contributed by atoms with Crippen molar-refractivity contribution in [2.75, 3.05) is 18.6 Å². The average molecular weight is 462 g/mol. The number of hydrogen-bond acceptors (Lipinski definition) is 6. The number of hydrogen-bond donors (Lipinski definition) is 2. The maximum atomic E-state index is 13.9. The number of ether oxygens (including phenoxy) is 1. The van der Waals surface area contributed by atoms with Gasteiger partial charge in [-0.3, -0.25) is 19.6 Å². The van der Waals surface area contributed by atoms with Crippen LogP contribution < -0.4 is 15.0 Å². The summed E-state index contributed by atoms with van der Waals surface area (Å²) in [5.74, 6) is 5.64. The minimum Gasteiger partial charge on any atom is -0.487 e. The SMILES string of the molecule is CC(C)C#Cc1ccc2c(n1)N(C)C(=O)[C@@H](NC(=O)c1n[nH]c(Cc3ccccc3F)n1)CO2. The molecule has 4 rings (SSSR count). The third kappa shape index (κ3) is 5.04. The number of anilines is 1. The second-order valence-corrected chi connectivity index (χ2v) is 8.05. The highest BCUT2D eigenvalue weighted by molar-refractivity contribution is 6.01. The Morgan fingerprint density at radius 3 is 2.85 bits per heavy atom. The predicted molar refractivity (Wildman–Crippen MR) is 122 cm³/mol. The van der Waals surface area contributed by atoms with E-state index in [-0.39, 0.29) is 30.6 Å². The second kappa shape index (κ2) is 9.70.